The van der Waals surface area contributed by atoms with Gasteiger partial charge in [-0.3, -0.25) is 9.36 Å². The number of furan rings is 1. The van der Waals surface area contributed by atoms with E-state index < -0.39 is 6.36 Å². The van der Waals surface area contributed by atoms with Crippen LogP contribution in [0.1, 0.15) is 30.3 Å². The topological polar surface area (TPSA) is 82.2 Å². The Bertz CT molecular complexity index is 999. The third-order valence-electron chi connectivity index (χ3n) is 4.29. The zero-order valence-corrected chi connectivity index (χ0v) is 16.4. The molecule has 0 aliphatic heterocycles. The molecule has 0 bridgehead atoms. The number of nitrogens with one attached hydrogen (secondary N) is 1. The van der Waals surface area contributed by atoms with Crippen LogP contribution >= 0.6 is 11.8 Å². The van der Waals surface area contributed by atoms with Crippen molar-refractivity contribution in [3.05, 3.63) is 54.2 Å². The molecule has 1 amide bonds. The van der Waals surface area contributed by atoms with Gasteiger partial charge in [-0.25, -0.2) is 0 Å². The lowest BCUT2D eigenvalue weighted by atomic mass is 10.3. The molecule has 1 N–H and O–H groups in total. The van der Waals surface area contributed by atoms with Crippen molar-refractivity contribution in [1.82, 2.24) is 14.8 Å². The van der Waals surface area contributed by atoms with E-state index in [2.05, 4.69) is 20.3 Å². The number of benzene rings is 1. The number of hydrogen-bond donors (Lipinski definition) is 1. The summed E-state index contributed by atoms with van der Waals surface area (Å²) < 4.78 is 47.8. The fourth-order valence-electron chi connectivity index (χ4n) is 2.82. The Hall–Kier alpha value is -2.95. The molecule has 3 aromatic rings. The van der Waals surface area contributed by atoms with Gasteiger partial charge in [-0.1, -0.05) is 11.8 Å². The SMILES string of the molecule is O=C(CSc1nnc(C2CC2)n1Cc1ccco1)Nc1ccc(OC(F)(F)F)cc1. The smallest absolute Gasteiger partial charge is 0.467 e. The first-order chi connectivity index (χ1) is 14.4. The number of nitrogens with zero attached hydrogens (tertiary/aromatic N) is 3. The highest BCUT2D eigenvalue weighted by Gasteiger charge is 2.31. The Balaban J connectivity index is 1.36. The number of rotatable bonds is 8. The van der Waals surface area contributed by atoms with Crippen LogP contribution in [-0.2, 0) is 11.3 Å². The highest BCUT2D eigenvalue weighted by molar-refractivity contribution is 7.99. The van der Waals surface area contributed by atoms with Gasteiger partial charge in [-0.2, -0.15) is 0 Å². The Labute approximate surface area is 173 Å². The molecule has 2 aromatic heterocycles. The van der Waals surface area contributed by atoms with Gasteiger partial charge in [0, 0.05) is 11.6 Å². The standard InChI is InChI=1S/C19H17F3N4O3S/c20-19(21,22)29-14-7-5-13(6-8-14)23-16(27)11-30-18-25-24-17(12-3-4-12)26(18)10-15-2-1-9-28-15/h1-2,5-9,12H,3-4,10-11H2,(H,23,27). The first-order valence-corrected chi connectivity index (χ1v) is 10.1. The second kappa shape index (κ2) is 8.42. The third-order valence-corrected chi connectivity index (χ3v) is 5.25. The van der Waals surface area contributed by atoms with Crippen molar-refractivity contribution in [2.24, 2.45) is 0 Å². The zero-order chi connectivity index (χ0) is 21.1. The van der Waals surface area contributed by atoms with Crippen LogP contribution in [0.15, 0.2) is 52.2 Å². The number of amides is 1. The van der Waals surface area contributed by atoms with Crippen molar-refractivity contribution in [1.29, 1.82) is 0 Å². The van der Waals surface area contributed by atoms with E-state index in [1.165, 1.54) is 23.9 Å². The Morgan fingerprint density at radius 3 is 2.63 bits per heavy atom. The van der Waals surface area contributed by atoms with Gasteiger partial charge in [-0.15, -0.1) is 23.4 Å². The minimum Gasteiger partial charge on any atom is -0.467 e. The number of anilines is 1. The number of carbonyl (C=O) groups excluding carboxylic acids is 1. The number of halogens is 3. The lowest BCUT2D eigenvalue weighted by Gasteiger charge is -2.10. The molecule has 1 fully saturated rings. The Morgan fingerprint density at radius 1 is 1.23 bits per heavy atom. The number of ether oxygens (including phenoxy) is 1. The number of alkyl halides is 3. The van der Waals surface area contributed by atoms with Gasteiger partial charge in [0.15, 0.2) is 5.16 Å². The predicted octanol–water partition coefficient (Wildman–Crippen LogP) is 4.43. The summed E-state index contributed by atoms with van der Waals surface area (Å²) >= 11 is 1.24. The monoisotopic (exact) mass is 438 g/mol. The summed E-state index contributed by atoms with van der Waals surface area (Å²) in [6.07, 6.45) is -1.03. The van der Waals surface area contributed by atoms with Crippen LogP contribution in [0.25, 0.3) is 0 Å². The lowest BCUT2D eigenvalue weighted by Crippen LogP contribution is -2.17. The molecule has 1 aromatic carbocycles. The highest BCUT2D eigenvalue weighted by Crippen LogP contribution is 2.40. The molecule has 0 saturated heterocycles. The van der Waals surface area contributed by atoms with Crippen LogP contribution in [0.2, 0.25) is 0 Å². The average molecular weight is 438 g/mol. The summed E-state index contributed by atoms with van der Waals surface area (Å²) in [6, 6.07) is 8.63. The third kappa shape index (κ3) is 5.35. The first-order valence-electron chi connectivity index (χ1n) is 9.11. The van der Waals surface area contributed by atoms with Crippen molar-refractivity contribution in [2.45, 2.75) is 36.8 Å². The van der Waals surface area contributed by atoms with Crippen molar-refractivity contribution in [3.63, 3.8) is 0 Å². The molecule has 0 spiro atoms. The van der Waals surface area contributed by atoms with E-state index in [0.717, 1.165) is 36.6 Å². The molecule has 7 nitrogen and oxygen atoms in total. The summed E-state index contributed by atoms with van der Waals surface area (Å²) in [5.41, 5.74) is 0.367. The zero-order valence-electron chi connectivity index (χ0n) is 15.6. The summed E-state index contributed by atoms with van der Waals surface area (Å²) in [6.45, 7) is 0.483. The summed E-state index contributed by atoms with van der Waals surface area (Å²) in [7, 11) is 0. The highest BCUT2D eigenvalue weighted by atomic mass is 32.2. The first kappa shape index (κ1) is 20.3. The van der Waals surface area contributed by atoms with Crippen LogP contribution in [0.5, 0.6) is 5.75 Å². The average Bonchev–Trinajstić information content (AvgIpc) is 3.25. The lowest BCUT2D eigenvalue weighted by molar-refractivity contribution is -0.274. The molecule has 0 unspecified atom stereocenters. The fraction of sp³-hybridized carbons (Fsp3) is 0.316. The van der Waals surface area contributed by atoms with Gasteiger partial charge < -0.3 is 14.5 Å². The van der Waals surface area contributed by atoms with E-state index in [9.17, 15) is 18.0 Å². The maximum Gasteiger partial charge on any atom is 0.573 e. The van der Waals surface area contributed by atoms with Gasteiger partial charge >= 0.3 is 6.36 Å². The molecule has 158 valence electrons. The molecule has 11 heteroatoms. The Kier molecular flexibility index (Phi) is 5.71. The van der Waals surface area contributed by atoms with E-state index in [1.807, 2.05) is 16.7 Å². The molecule has 30 heavy (non-hydrogen) atoms. The summed E-state index contributed by atoms with van der Waals surface area (Å²) in [4.78, 5) is 12.3. The normalized spacial score (nSPS) is 14.0. The molecule has 1 aliphatic carbocycles. The molecular formula is C19H17F3N4O3S. The number of hydrogen-bond acceptors (Lipinski definition) is 6. The molecular weight excluding hydrogens is 421 g/mol. The summed E-state index contributed by atoms with van der Waals surface area (Å²) in [5.74, 6) is 1.44. The van der Waals surface area contributed by atoms with E-state index >= 15 is 0 Å². The molecule has 4 rings (SSSR count). The van der Waals surface area contributed by atoms with Crippen molar-refractivity contribution in [3.8, 4) is 5.75 Å². The minimum atomic E-state index is -4.76. The predicted molar refractivity (Wildman–Crippen MR) is 102 cm³/mol. The van der Waals surface area contributed by atoms with Crippen molar-refractivity contribution >= 4 is 23.4 Å². The quantitative estimate of drug-likeness (QED) is 0.524. The van der Waals surface area contributed by atoms with E-state index in [-0.39, 0.29) is 17.4 Å². The second-order valence-electron chi connectivity index (χ2n) is 6.69. The number of aromatic nitrogens is 3. The van der Waals surface area contributed by atoms with E-state index in [0.29, 0.717) is 23.3 Å². The van der Waals surface area contributed by atoms with E-state index in [4.69, 9.17) is 4.42 Å². The van der Waals surface area contributed by atoms with Crippen LogP contribution in [0.3, 0.4) is 0 Å². The van der Waals surface area contributed by atoms with Gasteiger partial charge in [0.25, 0.3) is 0 Å². The largest absolute Gasteiger partial charge is 0.573 e. The second-order valence-corrected chi connectivity index (χ2v) is 7.63. The fourth-order valence-corrected chi connectivity index (χ4v) is 3.57. The molecule has 1 aliphatic rings. The van der Waals surface area contributed by atoms with Crippen molar-refractivity contribution in [2.75, 3.05) is 11.1 Å². The van der Waals surface area contributed by atoms with Crippen LogP contribution in [-0.4, -0.2) is 32.8 Å². The molecule has 0 radical (unpaired) electrons. The summed E-state index contributed by atoms with van der Waals surface area (Å²) in [5, 5.41) is 11.7. The maximum absolute atomic E-state index is 12.3. The van der Waals surface area contributed by atoms with Gasteiger partial charge in [0.1, 0.15) is 17.3 Å². The van der Waals surface area contributed by atoms with Crippen molar-refractivity contribution < 1.29 is 27.1 Å². The van der Waals surface area contributed by atoms with Crippen LogP contribution in [0.4, 0.5) is 18.9 Å². The maximum atomic E-state index is 12.3. The van der Waals surface area contributed by atoms with Crippen LogP contribution in [0, 0.1) is 0 Å². The molecule has 2 heterocycles. The van der Waals surface area contributed by atoms with Gasteiger partial charge in [0.2, 0.25) is 5.91 Å². The Morgan fingerprint density at radius 2 is 2.00 bits per heavy atom. The number of carbonyl (C=O) groups is 1. The number of thioether (sulfide) groups is 1. The van der Waals surface area contributed by atoms with Gasteiger partial charge in [-0.05, 0) is 49.2 Å². The molecule has 1 saturated carbocycles. The van der Waals surface area contributed by atoms with E-state index in [1.54, 1.807) is 6.26 Å². The van der Waals surface area contributed by atoms with Crippen LogP contribution < -0.4 is 10.1 Å². The minimum absolute atomic E-state index is 0.0712. The molecule has 0 atom stereocenters. The van der Waals surface area contributed by atoms with Gasteiger partial charge in [0.05, 0.1) is 18.6 Å².